The van der Waals surface area contributed by atoms with E-state index < -0.39 is 10.0 Å². The van der Waals surface area contributed by atoms with Crippen molar-refractivity contribution in [2.45, 2.75) is 23.8 Å². The number of ether oxygens (including phenoxy) is 1. The number of para-hydroxylation sites is 1. The fraction of sp³-hybridized carbons (Fsp3) is 0.391. The highest BCUT2D eigenvalue weighted by atomic mass is 32.2. The Morgan fingerprint density at radius 2 is 1.85 bits per heavy atom. The Labute approximate surface area is 197 Å². The molecule has 2 aromatic carbocycles. The van der Waals surface area contributed by atoms with Gasteiger partial charge in [-0.25, -0.2) is 13.4 Å². The van der Waals surface area contributed by atoms with Crippen LogP contribution < -0.4 is 5.32 Å². The summed E-state index contributed by atoms with van der Waals surface area (Å²) in [7, 11) is -3.55. The summed E-state index contributed by atoms with van der Waals surface area (Å²) in [6.45, 7) is 2.64. The molecule has 10 heteroatoms. The van der Waals surface area contributed by atoms with E-state index in [1.807, 2.05) is 18.2 Å². The second kappa shape index (κ2) is 9.47. The molecule has 8 nitrogen and oxygen atoms in total. The SMILES string of the molecule is O=C(CN1CCCC1c1nc2ccccc2s1)Nc1ccc(S(=O)(=O)N2CCOCC2)cc1. The number of benzene rings is 2. The first-order valence-electron chi connectivity index (χ1n) is 11.1. The fourth-order valence-electron chi connectivity index (χ4n) is 4.36. The van der Waals surface area contributed by atoms with Gasteiger partial charge in [-0.3, -0.25) is 9.69 Å². The lowest BCUT2D eigenvalue weighted by Crippen LogP contribution is -2.40. The van der Waals surface area contributed by atoms with Crippen molar-refractivity contribution in [1.82, 2.24) is 14.2 Å². The van der Waals surface area contributed by atoms with Crippen molar-refractivity contribution in [3.05, 3.63) is 53.5 Å². The van der Waals surface area contributed by atoms with Gasteiger partial charge in [-0.1, -0.05) is 12.1 Å². The Morgan fingerprint density at radius 1 is 1.09 bits per heavy atom. The van der Waals surface area contributed by atoms with Crippen LogP contribution in [0.3, 0.4) is 0 Å². The van der Waals surface area contributed by atoms with Gasteiger partial charge in [0, 0.05) is 18.8 Å². The van der Waals surface area contributed by atoms with Crippen LogP contribution in [0.2, 0.25) is 0 Å². The van der Waals surface area contributed by atoms with Crippen LogP contribution in [0.1, 0.15) is 23.9 Å². The number of hydrogen-bond donors (Lipinski definition) is 1. The molecule has 1 unspecified atom stereocenters. The summed E-state index contributed by atoms with van der Waals surface area (Å²) in [5.41, 5.74) is 1.58. The van der Waals surface area contributed by atoms with Crippen molar-refractivity contribution < 1.29 is 17.9 Å². The standard InChI is InChI=1S/C23H26N4O4S2/c28-22(16-26-11-3-5-20(26)23-25-19-4-1-2-6-21(19)32-23)24-17-7-9-18(10-8-17)33(29,30)27-12-14-31-15-13-27/h1-2,4,6-10,20H,3,5,11-16H2,(H,24,28). The van der Waals surface area contributed by atoms with E-state index >= 15 is 0 Å². The Kier molecular flexibility index (Phi) is 6.44. The lowest BCUT2D eigenvalue weighted by atomic mass is 10.2. The normalized spacial score (nSPS) is 20.3. The summed E-state index contributed by atoms with van der Waals surface area (Å²) in [6, 6.07) is 14.6. The number of sulfonamides is 1. The molecule has 0 saturated carbocycles. The summed E-state index contributed by atoms with van der Waals surface area (Å²) in [4.78, 5) is 19.9. The highest BCUT2D eigenvalue weighted by molar-refractivity contribution is 7.89. The number of likely N-dealkylation sites (tertiary alicyclic amines) is 1. The average molecular weight is 487 g/mol. The second-order valence-electron chi connectivity index (χ2n) is 8.24. The number of nitrogens with one attached hydrogen (secondary N) is 1. The highest BCUT2D eigenvalue weighted by Gasteiger charge is 2.30. The Bertz CT molecular complexity index is 1200. The molecular formula is C23H26N4O4S2. The van der Waals surface area contributed by atoms with Crippen molar-refractivity contribution in [3.8, 4) is 0 Å². The van der Waals surface area contributed by atoms with E-state index in [1.54, 1.807) is 35.6 Å². The van der Waals surface area contributed by atoms with E-state index in [9.17, 15) is 13.2 Å². The lowest BCUT2D eigenvalue weighted by Gasteiger charge is -2.26. The second-order valence-corrected chi connectivity index (χ2v) is 11.2. The van der Waals surface area contributed by atoms with E-state index in [0.29, 0.717) is 32.0 Å². The molecule has 3 heterocycles. The molecule has 1 amide bonds. The molecular weight excluding hydrogens is 460 g/mol. The van der Waals surface area contributed by atoms with E-state index in [-0.39, 0.29) is 23.4 Å². The molecule has 2 aliphatic rings. The molecule has 33 heavy (non-hydrogen) atoms. The fourth-order valence-corrected chi connectivity index (χ4v) is 6.90. The molecule has 1 aromatic heterocycles. The molecule has 0 bridgehead atoms. The van der Waals surface area contributed by atoms with Gasteiger partial charge in [0.15, 0.2) is 0 Å². The van der Waals surface area contributed by atoms with Gasteiger partial charge >= 0.3 is 0 Å². The Hall–Kier alpha value is -2.37. The van der Waals surface area contributed by atoms with Crippen LogP contribution in [-0.4, -0.2) is 67.9 Å². The first-order valence-corrected chi connectivity index (χ1v) is 13.3. The minimum atomic E-state index is -3.55. The number of rotatable bonds is 6. The van der Waals surface area contributed by atoms with Crippen molar-refractivity contribution in [3.63, 3.8) is 0 Å². The zero-order chi connectivity index (χ0) is 22.8. The van der Waals surface area contributed by atoms with Crippen molar-refractivity contribution in [2.75, 3.05) is 44.7 Å². The smallest absolute Gasteiger partial charge is 0.243 e. The van der Waals surface area contributed by atoms with Gasteiger partial charge in [0.2, 0.25) is 15.9 Å². The number of hydrogen-bond acceptors (Lipinski definition) is 7. The first-order chi connectivity index (χ1) is 16.0. The van der Waals surface area contributed by atoms with Crippen LogP contribution in [0, 0.1) is 0 Å². The molecule has 2 aliphatic heterocycles. The Morgan fingerprint density at radius 3 is 2.61 bits per heavy atom. The van der Waals surface area contributed by atoms with Crippen LogP contribution in [0.5, 0.6) is 0 Å². The molecule has 3 aromatic rings. The topological polar surface area (TPSA) is 91.8 Å². The number of carbonyl (C=O) groups excluding carboxylic acids is 1. The highest BCUT2D eigenvalue weighted by Crippen LogP contribution is 2.36. The number of thiazole rings is 1. The zero-order valence-electron chi connectivity index (χ0n) is 18.1. The molecule has 174 valence electrons. The van der Waals surface area contributed by atoms with Crippen LogP contribution in [0.15, 0.2) is 53.4 Å². The van der Waals surface area contributed by atoms with Crippen LogP contribution in [0.25, 0.3) is 10.2 Å². The number of nitrogens with zero attached hydrogens (tertiary/aromatic N) is 3. The predicted molar refractivity (Wildman–Crippen MR) is 128 cm³/mol. The predicted octanol–water partition coefficient (Wildman–Crippen LogP) is 3.09. The third-order valence-electron chi connectivity index (χ3n) is 6.05. The molecule has 0 radical (unpaired) electrons. The molecule has 5 rings (SSSR count). The maximum Gasteiger partial charge on any atom is 0.243 e. The number of aromatic nitrogens is 1. The third-order valence-corrected chi connectivity index (χ3v) is 9.10. The Balaban J connectivity index is 1.22. The maximum atomic E-state index is 12.8. The van der Waals surface area contributed by atoms with Gasteiger partial charge in [0.1, 0.15) is 5.01 Å². The van der Waals surface area contributed by atoms with Crippen molar-refractivity contribution >= 4 is 43.2 Å². The monoisotopic (exact) mass is 486 g/mol. The molecule has 2 fully saturated rings. The summed E-state index contributed by atoms with van der Waals surface area (Å²) >= 11 is 1.69. The van der Waals surface area contributed by atoms with Crippen molar-refractivity contribution in [1.29, 1.82) is 0 Å². The molecule has 1 atom stereocenters. The van der Waals surface area contributed by atoms with Crippen molar-refractivity contribution in [2.24, 2.45) is 0 Å². The molecule has 2 saturated heterocycles. The summed E-state index contributed by atoms with van der Waals surface area (Å²) < 4.78 is 33.3. The van der Waals surface area contributed by atoms with Gasteiger partial charge in [-0.2, -0.15) is 4.31 Å². The number of amides is 1. The van der Waals surface area contributed by atoms with Gasteiger partial charge in [-0.15, -0.1) is 11.3 Å². The minimum absolute atomic E-state index is 0.119. The minimum Gasteiger partial charge on any atom is -0.379 e. The van der Waals surface area contributed by atoms with Gasteiger partial charge in [0.05, 0.1) is 40.9 Å². The summed E-state index contributed by atoms with van der Waals surface area (Å²) in [5.74, 6) is -0.119. The first kappa shape index (κ1) is 22.4. The summed E-state index contributed by atoms with van der Waals surface area (Å²) in [6.07, 6.45) is 2.02. The number of carbonyl (C=O) groups is 1. The van der Waals surface area contributed by atoms with Gasteiger partial charge < -0.3 is 10.1 Å². The van der Waals surface area contributed by atoms with Gasteiger partial charge in [-0.05, 0) is 55.8 Å². The quantitative estimate of drug-likeness (QED) is 0.576. The van der Waals surface area contributed by atoms with E-state index in [0.717, 1.165) is 34.6 Å². The number of morpholine rings is 1. The average Bonchev–Trinajstić information content (AvgIpc) is 3.46. The van der Waals surface area contributed by atoms with E-state index in [1.165, 1.54) is 4.31 Å². The summed E-state index contributed by atoms with van der Waals surface area (Å²) in [5, 5.41) is 3.95. The molecule has 0 aliphatic carbocycles. The molecule has 1 N–H and O–H groups in total. The van der Waals surface area contributed by atoms with E-state index in [2.05, 4.69) is 16.3 Å². The largest absolute Gasteiger partial charge is 0.379 e. The number of anilines is 1. The third kappa shape index (κ3) is 4.80. The van der Waals surface area contributed by atoms with Crippen LogP contribution >= 0.6 is 11.3 Å². The maximum absolute atomic E-state index is 12.8. The molecule has 0 spiro atoms. The lowest BCUT2D eigenvalue weighted by molar-refractivity contribution is -0.117. The van der Waals surface area contributed by atoms with Crippen LogP contribution in [0.4, 0.5) is 5.69 Å². The van der Waals surface area contributed by atoms with Crippen LogP contribution in [-0.2, 0) is 19.6 Å². The van der Waals surface area contributed by atoms with E-state index in [4.69, 9.17) is 9.72 Å². The zero-order valence-corrected chi connectivity index (χ0v) is 19.8. The number of fused-ring (bicyclic) bond motifs is 1. The van der Waals surface area contributed by atoms with Gasteiger partial charge in [0.25, 0.3) is 0 Å².